The molecule has 5 N–H and O–H groups in total. The van der Waals surface area contributed by atoms with Gasteiger partial charge in [0.15, 0.2) is 0 Å². The molecule has 0 fully saturated rings. The van der Waals surface area contributed by atoms with Gasteiger partial charge in [0.1, 0.15) is 0 Å². The van der Waals surface area contributed by atoms with E-state index < -0.39 is 10.0 Å². The maximum absolute atomic E-state index is 11.2. The van der Waals surface area contributed by atoms with Crippen LogP contribution in [-0.4, -0.2) is 15.0 Å². The first-order chi connectivity index (χ1) is 9.99. The van der Waals surface area contributed by atoms with E-state index in [2.05, 4.69) is 29.6 Å². The van der Waals surface area contributed by atoms with Gasteiger partial charge in [-0.1, -0.05) is 24.3 Å². The normalized spacial score (nSPS) is 11.3. The summed E-state index contributed by atoms with van der Waals surface area (Å²) in [4.78, 5) is 0.110. The van der Waals surface area contributed by atoms with Gasteiger partial charge in [0.2, 0.25) is 10.0 Å². The Kier molecular flexibility index (Phi) is 4.95. The van der Waals surface area contributed by atoms with Gasteiger partial charge in [-0.3, -0.25) is 0 Å². The Labute approximate surface area is 125 Å². The second kappa shape index (κ2) is 6.71. The zero-order valence-corrected chi connectivity index (χ0v) is 12.4. The van der Waals surface area contributed by atoms with E-state index in [1.165, 1.54) is 17.7 Å². The molecule has 2 rings (SSSR count). The zero-order valence-electron chi connectivity index (χ0n) is 11.6. The van der Waals surface area contributed by atoms with Crippen LogP contribution < -0.4 is 16.2 Å². The van der Waals surface area contributed by atoms with E-state index in [-0.39, 0.29) is 4.90 Å². The fourth-order valence-corrected chi connectivity index (χ4v) is 2.47. The molecule has 0 heterocycles. The molecule has 0 aliphatic heterocycles. The molecule has 0 aliphatic rings. The summed E-state index contributed by atoms with van der Waals surface area (Å²) in [6, 6.07) is 14.6. The fourth-order valence-electron chi connectivity index (χ4n) is 1.96. The van der Waals surface area contributed by atoms with E-state index in [1.807, 2.05) is 0 Å². The van der Waals surface area contributed by atoms with Crippen LogP contribution in [0.15, 0.2) is 53.4 Å². The summed E-state index contributed by atoms with van der Waals surface area (Å²) in [6.07, 6.45) is 0.878. The van der Waals surface area contributed by atoms with Crippen LogP contribution in [0.25, 0.3) is 0 Å². The highest BCUT2D eigenvalue weighted by Gasteiger charge is 2.06. The summed E-state index contributed by atoms with van der Waals surface area (Å²) in [5.41, 5.74) is 8.72. The van der Waals surface area contributed by atoms with Gasteiger partial charge in [0.25, 0.3) is 0 Å². The molecule has 0 aromatic heterocycles. The van der Waals surface area contributed by atoms with E-state index in [1.54, 1.807) is 12.1 Å². The predicted octanol–water partition coefficient (Wildman–Crippen LogP) is 1.45. The van der Waals surface area contributed by atoms with Crippen LogP contribution in [0.1, 0.15) is 11.1 Å². The largest absolute Gasteiger partial charge is 0.381 e. The summed E-state index contributed by atoms with van der Waals surface area (Å²) < 4.78 is 22.3. The number of hydrogen-bond acceptors (Lipinski definition) is 4. The predicted molar refractivity (Wildman–Crippen MR) is 84.3 cm³/mol. The molecular formula is C15H19N3O2S. The third kappa shape index (κ3) is 4.56. The average Bonchev–Trinajstić information content (AvgIpc) is 2.46. The van der Waals surface area contributed by atoms with Crippen molar-refractivity contribution in [3.63, 3.8) is 0 Å². The van der Waals surface area contributed by atoms with Crippen LogP contribution in [0, 0.1) is 0 Å². The van der Waals surface area contributed by atoms with Crippen molar-refractivity contribution < 1.29 is 8.42 Å². The Hall–Kier alpha value is -1.89. The van der Waals surface area contributed by atoms with E-state index in [9.17, 15) is 8.42 Å². The van der Waals surface area contributed by atoms with Crippen LogP contribution in [-0.2, 0) is 23.0 Å². The monoisotopic (exact) mass is 305 g/mol. The number of hydrogen-bond donors (Lipinski definition) is 3. The van der Waals surface area contributed by atoms with E-state index in [4.69, 9.17) is 10.9 Å². The lowest BCUT2D eigenvalue weighted by Gasteiger charge is -2.08. The lowest BCUT2D eigenvalue weighted by molar-refractivity contribution is 0.598. The Morgan fingerprint density at radius 2 is 1.48 bits per heavy atom. The van der Waals surface area contributed by atoms with E-state index in [0.29, 0.717) is 13.1 Å². The first-order valence-electron chi connectivity index (χ1n) is 6.63. The Morgan fingerprint density at radius 3 is 2.00 bits per heavy atom. The second-order valence-corrected chi connectivity index (χ2v) is 6.34. The quantitative estimate of drug-likeness (QED) is 0.752. The number of primary sulfonamides is 1. The summed E-state index contributed by atoms with van der Waals surface area (Å²) in [7, 11) is -3.63. The molecular weight excluding hydrogens is 286 g/mol. The van der Waals surface area contributed by atoms with Crippen molar-refractivity contribution in [1.29, 1.82) is 0 Å². The fraction of sp³-hybridized carbons (Fsp3) is 0.200. The Bertz CT molecular complexity index is 680. The van der Waals surface area contributed by atoms with Gasteiger partial charge in [0, 0.05) is 12.2 Å². The van der Waals surface area contributed by atoms with Crippen molar-refractivity contribution in [2.75, 3.05) is 11.9 Å². The van der Waals surface area contributed by atoms with Crippen LogP contribution >= 0.6 is 0 Å². The Morgan fingerprint density at radius 1 is 0.905 bits per heavy atom. The molecule has 0 bridgehead atoms. The van der Waals surface area contributed by atoms with Crippen LogP contribution in [0.4, 0.5) is 5.69 Å². The minimum atomic E-state index is -3.63. The molecule has 5 nitrogen and oxygen atoms in total. The summed E-state index contributed by atoms with van der Waals surface area (Å²) in [5, 5.41) is 8.28. The van der Waals surface area contributed by atoms with E-state index in [0.717, 1.165) is 17.7 Å². The molecule has 0 amide bonds. The van der Waals surface area contributed by atoms with Gasteiger partial charge in [-0.05, 0) is 48.4 Å². The maximum atomic E-state index is 11.2. The van der Waals surface area contributed by atoms with Crippen molar-refractivity contribution in [2.24, 2.45) is 10.9 Å². The molecule has 0 atom stereocenters. The van der Waals surface area contributed by atoms with Crippen molar-refractivity contribution in [3.05, 3.63) is 59.7 Å². The zero-order chi connectivity index (χ0) is 15.3. The number of nitrogens with two attached hydrogens (primary N) is 2. The molecule has 2 aromatic rings. The van der Waals surface area contributed by atoms with Crippen LogP contribution in [0.2, 0.25) is 0 Å². The third-order valence-electron chi connectivity index (χ3n) is 3.14. The summed E-state index contributed by atoms with van der Waals surface area (Å²) >= 11 is 0. The standard InChI is InChI=1S/C15H19N3O2S/c16-10-9-12-1-3-13(4-2-12)11-18-14-5-7-15(8-6-14)21(17,19)20/h1-8,18H,9-11,16H2,(H2,17,19,20). The number of benzene rings is 2. The highest BCUT2D eigenvalue weighted by atomic mass is 32.2. The summed E-state index contributed by atoms with van der Waals surface area (Å²) in [6.45, 7) is 1.31. The van der Waals surface area contributed by atoms with Crippen molar-refractivity contribution in [2.45, 2.75) is 17.9 Å². The minimum absolute atomic E-state index is 0.110. The molecule has 0 spiro atoms. The highest BCUT2D eigenvalue weighted by Crippen LogP contribution is 2.14. The van der Waals surface area contributed by atoms with Gasteiger partial charge in [-0.15, -0.1) is 0 Å². The SMILES string of the molecule is NCCc1ccc(CNc2ccc(S(N)(=O)=O)cc2)cc1. The number of rotatable bonds is 6. The Balaban J connectivity index is 1.96. The van der Waals surface area contributed by atoms with Crippen LogP contribution in [0.5, 0.6) is 0 Å². The smallest absolute Gasteiger partial charge is 0.238 e. The molecule has 0 radical (unpaired) electrons. The van der Waals surface area contributed by atoms with Crippen LogP contribution in [0.3, 0.4) is 0 Å². The molecule has 0 aliphatic carbocycles. The number of sulfonamides is 1. The molecule has 112 valence electrons. The van der Waals surface area contributed by atoms with Crippen molar-refractivity contribution >= 4 is 15.7 Å². The molecule has 21 heavy (non-hydrogen) atoms. The molecule has 0 unspecified atom stereocenters. The summed E-state index contributed by atoms with van der Waals surface area (Å²) in [5.74, 6) is 0. The van der Waals surface area contributed by atoms with Gasteiger partial charge < -0.3 is 11.1 Å². The average molecular weight is 305 g/mol. The lowest BCUT2D eigenvalue weighted by atomic mass is 10.1. The van der Waals surface area contributed by atoms with Crippen molar-refractivity contribution in [3.8, 4) is 0 Å². The third-order valence-corrected chi connectivity index (χ3v) is 4.06. The van der Waals surface area contributed by atoms with Gasteiger partial charge in [-0.25, -0.2) is 13.6 Å². The molecule has 2 aromatic carbocycles. The molecule has 6 heteroatoms. The van der Waals surface area contributed by atoms with E-state index >= 15 is 0 Å². The first kappa shape index (κ1) is 15.5. The molecule has 0 saturated heterocycles. The minimum Gasteiger partial charge on any atom is -0.381 e. The highest BCUT2D eigenvalue weighted by molar-refractivity contribution is 7.89. The van der Waals surface area contributed by atoms with Crippen molar-refractivity contribution in [1.82, 2.24) is 0 Å². The molecule has 0 saturated carbocycles. The maximum Gasteiger partial charge on any atom is 0.238 e. The second-order valence-electron chi connectivity index (χ2n) is 4.78. The first-order valence-corrected chi connectivity index (χ1v) is 8.18. The van der Waals surface area contributed by atoms with Gasteiger partial charge in [-0.2, -0.15) is 0 Å². The van der Waals surface area contributed by atoms with Gasteiger partial charge in [0.05, 0.1) is 4.90 Å². The topological polar surface area (TPSA) is 98.2 Å². The number of nitrogens with one attached hydrogen (secondary N) is 1. The number of anilines is 1. The lowest BCUT2D eigenvalue weighted by Crippen LogP contribution is -2.12. The van der Waals surface area contributed by atoms with Gasteiger partial charge >= 0.3 is 0 Å².